The normalized spacial score (nSPS) is 14.2. The van der Waals surface area contributed by atoms with Crippen molar-refractivity contribution in [2.24, 2.45) is 0 Å². The van der Waals surface area contributed by atoms with Gasteiger partial charge in [0, 0.05) is 37.1 Å². The Balaban J connectivity index is 1.72. The van der Waals surface area contributed by atoms with E-state index in [-0.39, 0.29) is 11.6 Å². The number of carbonyl (C=O) groups is 1. The molecule has 1 aliphatic heterocycles. The molecule has 3 rings (SSSR count). The summed E-state index contributed by atoms with van der Waals surface area (Å²) in [6, 6.07) is 5.68. The van der Waals surface area contributed by atoms with Crippen molar-refractivity contribution in [1.29, 1.82) is 0 Å². The maximum absolute atomic E-state index is 12.4. The predicted octanol–water partition coefficient (Wildman–Crippen LogP) is 2.94. The van der Waals surface area contributed by atoms with Gasteiger partial charge >= 0.3 is 0 Å². The zero-order valence-electron chi connectivity index (χ0n) is 13.9. The third-order valence-corrected chi connectivity index (χ3v) is 4.19. The second-order valence-corrected chi connectivity index (χ2v) is 5.97. The zero-order chi connectivity index (χ0) is 17.8. The maximum atomic E-state index is 12.4. The van der Waals surface area contributed by atoms with E-state index < -0.39 is 4.92 Å². The number of nitro groups is 1. The molecule has 1 aliphatic rings. The fraction of sp³-hybridized carbons (Fsp3) is 0.353. The highest BCUT2D eigenvalue weighted by atomic mass is 16.6. The van der Waals surface area contributed by atoms with Gasteiger partial charge < -0.3 is 10.2 Å². The van der Waals surface area contributed by atoms with E-state index in [0.717, 1.165) is 25.9 Å². The van der Waals surface area contributed by atoms with E-state index >= 15 is 0 Å². The third-order valence-electron chi connectivity index (χ3n) is 4.19. The van der Waals surface area contributed by atoms with Gasteiger partial charge in [-0.15, -0.1) is 0 Å². The minimum absolute atomic E-state index is 0.0246. The van der Waals surface area contributed by atoms with E-state index in [9.17, 15) is 14.9 Å². The molecular weight excluding hydrogens is 322 g/mol. The molecule has 1 aromatic carbocycles. The predicted molar refractivity (Wildman–Crippen MR) is 93.9 cm³/mol. The summed E-state index contributed by atoms with van der Waals surface area (Å²) in [6.45, 7) is 3.65. The summed E-state index contributed by atoms with van der Waals surface area (Å²) in [7, 11) is 0. The van der Waals surface area contributed by atoms with Gasteiger partial charge in [0.05, 0.1) is 16.2 Å². The number of benzene rings is 1. The molecule has 1 amide bonds. The maximum Gasteiger partial charge on any atom is 0.269 e. The number of amides is 1. The van der Waals surface area contributed by atoms with Crippen molar-refractivity contribution in [1.82, 2.24) is 9.97 Å². The van der Waals surface area contributed by atoms with Crippen molar-refractivity contribution < 1.29 is 9.72 Å². The fourth-order valence-electron chi connectivity index (χ4n) is 2.79. The molecule has 0 bridgehead atoms. The van der Waals surface area contributed by atoms with Crippen LogP contribution in [0.4, 0.5) is 17.3 Å². The lowest BCUT2D eigenvalue weighted by atomic mass is 10.1. The minimum Gasteiger partial charge on any atom is -0.341 e. The Morgan fingerprint density at radius 2 is 1.88 bits per heavy atom. The number of carbonyl (C=O) groups excluding carboxylic acids is 1. The lowest BCUT2D eigenvalue weighted by Gasteiger charge is -2.26. The van der Waals surface area contributed by atoms with E-state index in [0.29, 0.717) is 22.9 Å². The van der Waals surface area contributed by atoms with Crippen LogP contribution in [0.5, 0.6) is 0 Å². The van der Waals surface area contributed by atoms with Crippen LogP contribution in [0, 0.1) is 17.0 Å². The molecule has 2 aromatic rings. The van der Waals surface area contributed by atoms with Crippen LogP contribution < -0.4 is 10.2 Å². The van der Waals surface area contributed by atoms with Gasteiger partial charge in [-0.2, -0.15) is 0 Å². The topological polar surface area (TPSA) is 101 Å². The molecule has 0 atom stereocenters. The molecule has 130 valence electrons. The smallest absolute Gasteiger partial charge is 0.269 e. The molecule has 0 radical (unpaired) electrons. The number of piperidine rings is 1. The van der Waals surface area contributed by atoms with Gasteiger partial charge in [-0.3, -0.25) is 14.9 Å². The molecule has 25 heavy (non-hydrogen) atoms. The summed E-state index contributed by atoms with van der Waals surface area (Å²) in [6.07, 6.45) is 5.02. The van der Waals surface area contributed by atoms with Crippen LogP contribution >= 0.6 is 0 Å². The monoisotopic (exact) mass is 341 g/mol. The third kappa shape index (κ3) is 3.90. The number of aromatic nitrogens is 2. The SMILES string of the molecule is Cc1nc(N2CCCCC2)ncc1C(=O)Nc1ccc([N+](=O)[O-])cc1. The summed E-state index contributed by atoms with van der Waals surface area (Å²) in [5.41, 5.74) is 1.45. The number of hydrogen-bond acceptors (Lipinski definition) is 6. The molecule has 1 N–H and O–H groups in total. The van der Waals surface area contributed by atoms with Crippen LogP contribution in [0.3, 0.4) is 0 Å². The Hall–Kier alpha value is -3.03. The molecule has 2 heterocycles. The zero-order valence-corrected chi connectivity index (χ0v) is 13.9. The number of nitrogens with zero attached hydrogens (tertiary/aromatic N) is 4. The average Bonchev–Trinajstić information content (AvgIpc) is 2.62. The minimum atomic E-state index is -0.483. The Labute approximate surface area is 145 Å². The number of hydrogen-bond donors (Lipinski definition) is 1. The number of aryl methyl sites for hydroxylation is 1. The molecular formula is C17H19N5O3. The largest absolute Gasteiger partial charge is 0.341 e. The lowest BCUT2D eigenvalue weighted by molar-refractivity contribution is -0.384. The quantitative estimate of drug-likeness (QED) is 0.678. The first-order valence-electron chi connectivity index (χ1n) is 8.19. The van der Waals surface area contributed by atoms with E-state index in [2.05, 4.69) is 20.2 Å². The van der Waals surface area contributed by atoms with E-state index in [4.69, 9.17) is 0 Å². The van der Waals surface area contributed by atoms with Crippen molar-refractivity contribution >= 4 is 23.2 Å². The first-order valence-corrected chi connectivity index (χ1v) is 8.19. The highest BCUT2D eigenvalue weighted by molar-refractivity contribution is 6.04. The van der Waals surface area contributed by atoms with Crippen LogP contribution in [0.25, 0.3) is 0 Å². The Morgan fingerprint density at radius 1 is 1.20 bits per heavy atom. The van der Waals surface area contributed by atoms with Crippen LogP contribution in [0.1, 0.15) is 35.3 Å². The van der Waals surface area contributed by atoms with Crippen LogP contribution in [0.2, 0.25) is 0 Å². The summed E-state index contributed by atoms with van der Waals surface area (Å²) in [4.78, 5) is 33.5. The summed E-state index contributed by atoms with van der Waals surface area (Å²) >= 11 is 0. The second-order valence-electron chi connectivity index (χ2n) is 5.97. The number of rotatable bonds is 4. The van der Waals surface area contributed by atoms with Crippen molar-refractivity contribution in [2.75, 3.05) is 23.3 Å². The summed E-state index contributed by atoms with van der Waals surface area (Å²) in [5.74, 6) is 0.320. The van der Waals surface area contributed by atoms with Gasteiger partial charge in [0.25, 0.3) is 11.6 Å². The second kappa shape index (κ2) is 7.25. The molecule has 1 aromatic heterocycles. The van der Waals surface area contributed by atoms with E-state index in [1.54, 1.807) is 6.92 Å². The Kier molecular flexibility index (Phi) is 4.87. The highest BCUT2D eigenvalue weighted by Crippen LogP contribution is 2.19. The molecule has 0 saturated carbocycles. The highest BCUT2D eigenvalue weighted by Gasteiger charge is 2.17. The first kappa shape index (κ1) is 16.8. The lowest BCUT2D eigenvalue weighted by Crippen LogP contribution is -2.31. The molecule has 0 unspecified atom stereocenters. The average molecular weight is 341 g/mol. The van der Waals surface area contributed by atoms with Gasteiger partial charge in [-0.25, -0.2) is 9.97 Å². The molecule has 8 nitrogen and oxygen atoms in total. The molecule has 1 fully saturated rings. The van der Waals surface area contributed by atoms with Crippen molar-refractivity contribution in [2.45, 2.75) is 26.2 Å². The summed E-state index contributed by atoms with van der Waals surface area (Å²) in [5, 5.41) is 13.4. The van der Waals surface area contributed by atoms with Crippen molar-refractivity contribution in [3.63, 3.8) is 0 Å². The summed E-state index contributed by atoms with van der Waals surface area (Å²) < 4.78 is 0. The van der Waals surface area contributed by atoms with Gasteiger partial charge in [-0.1, -0.05) is 0 Å². The van der Waals surface area contributed by atoms with Crippen LogP contribution in [-0.4, -0.2) is 33.9 Å². The molecule has 0 spiro atoms. The Morgan fingerprint density at radius 3 is 2.48 bits per heavy atom. The fourth-order valence-corrected chi connectivity index (χ4v) is 2.79. The number of anilines is 2. The number of nitrogens with one attached hydrogen (secondary N) is 1. The van der Waals surface area contributed by atoms with E-state index in [1.807, 2.05) is 0 Å². The van der Waals surface area contributed by atoms with Crippen molar-refractivity contribution in [3.05, 3.63) is 51.8 Å². The standard InChI is InChI=1S/C17H19N5O3/c1-12-15(11-18-17(19-12)21-9-3-2-4-10-21)16(23)20-13-5-7-14(8-6-13)22(24)25/h5-8,11H,2-4,9-10H2,1H3,(H,20,23). The van der Waals surface area contributed by atoms with Gasteiger partial charge in [-0.05, 0) is 38.3 Å². The molecule has 8 heteroatoms. The van der Waals surface area contributed by atoms with E-state index in [1.165, 1.54) is 36.9 Å². The van der Waals surface area contributed by atoms with Gasteiger partial charge in [0.1, 0.15) is 0 Å². The first-order chi connectivity index (χ1) is 12.0. The molecule has 0 aliphatic carbocycles. The van der Waals surface area contributed by atoms with Crippen LogP contribution in [-0.2, 0) is 0 Å². The number of nitro benzene ring substituents is 1. The van der Waals surface area contributed by atoms with Gasteiger partial charge in [0.2, 0.25) is 5.95 Å². The molecule has 1 saturated heterocycles. The number of non-ortho nitro benzene ring substituents is 1. The van der Waals surface area contributed by atoms with Gasteiger partial charge in [0.15, 0.2) is 0 Å². The van der Waals surface area contributed by atoms with Crippen molar-refractivity contribution in [3.8, 4) is 0 Å². The Bertz CT molecular complexity index is 785. The van der Waals surface area contributed by atoms with Crippen LogP contribution in [0.15, 0.2) is 30.5 Å².